The highest BCUT2D eigenvalue weighted by Crippen LogP contribution is 2.13. The van der Waals surface area contributed by atoms with Crippen LogP contribution >= 0.6 is 0 Å². The summed E-state index contributed by atoms with van der Waals surface area (Å²) in [6.45, 7) is 6.16. The van der Waals surface area contributed by atoms with Crippen LogP contribution in [0.4, 0.5) is 0 Å². The predicted octanol–water partition coefficient (Wildman–Crippen LogP) is 3.91. The third-order valence-electron chi connectivity index (χ3n) is 3.84. The van der Waals surface area contributed by atoms with Crippen LogP contribution in [0.5, 0.6) is 0 Å². The number of benzene rings is 1. The van der Waals surface area contributed by atoms with Gasteiger partial charge in [0.05, 0.1) is 18.4 Å². The fourth-order valence-corrected chi connectivity index (χ4v) is 2.66. The van der Waals surface area contributed by atoms with Gasteiger partial charge in [-0.3, -0.25) is 9.88 Å². The van der Waals surface area contributed by atoms with Gasteiger partial charge in [0.25, 0.3) is 0 Å². The van der Waals surface area contributed by atoms with Crippen LogP contribution in [0.2, 0.25) is 0 Å². The van der Waals surface area contributed by atoms with Crippen molar-refractivity contribution in [1.29, 1.82) is 0 Å². The zero-order valence-electron chi connectivity index (χ0n) is 14.2. The SMILES string of the molecule is C=CCN(CC#Cc1ccccc1)Cc1cccn1-c1cccnc1. The maximum absolute atomic E-state index is 4.21. The van der Waals surface area contributed by atoms with Crippen LogP contribution in [-0.2, 0) is 6.54 Å². The first kappa shape index (κ1) is 16.8. The summed E-state index contributed by atoms with van der Waals surface area (Å²) >= 11 is 0. The minimum Gasteiger partial charge on any atom is -0.318 e. The molecule has 2 aromatic heterocycles. The number of hydrogen-bond acceptors (Lipinski definition) is 2. The van der Waals surface area contributed by atoms with E-state index in [4.69, 9.17) is 0 Å². The lowest BCUT2D eigenvalue weighted by Crippen LogP contribution is -2.25. The normalized spacial score (nSPS) is 10.3. The van der Waals surface area contributed by atoms with Gasteiger partial charge in [-0.15, -0.1) is 6.58 Å². The van der Waals surface area contributed by atoms with Gasteiger partial charge in [-0.25, -0.2) is 0 Å². The van der Waals surface area contributed by atoms with Crippen molar-refractivity contribution in [1.82, 2.24) is 14.5 Å². The molecule has 25 heavy (non-hydrogen) atoms. The van der Waals surface area contributed by atoms with Crippen molar-refractivity contribution < 1.29 is 0 Å². The minimum absolute atomic E-state index is 0.694. The molecule has 0 N–H and O–H groups in total. The molecular weight excluding hydrogens is 306 g/mol. The van der Waals surface area contributed by atoms with E-state index in [2.05, 4.69) is 57.3 Å². The van der Waals surface area contributed by atoms with Crippen LogP contribution in [0.25, 0.3) is 5.69 Å². The molecular formula is C22H21N3. The fraction of sp³-hybridized carbons (Fsp3) is 0.136. The Morgan fingerprint density at radius 3 is 2.72 bits per heavy atom. The molecule has 2 heterocycles. The van der Waals surface area contributed by atoms with Crippen molar-refractivity contribution in [3.63, 3.8) is 0 Å². The molecule has 0 radical (unpaired) electrons. The summed E-state index contributed by atoms with van der Waals surface area (Å²) in [4.78, 5) is 6.48. The zero-order valence-corrected chi connectivity index (χ0v) is 14.2. The molecule has 0 fully saturated rings. The maximum Gasteiger partial charge on any atom is 0.0636 e. The molecule has 3 rings (SSSR count). The van der Waals surface area contributed by atoms with E-state index in [0.29, 0.717) is 6.54 Å². The van der Waals surface area contributed by atoms with Crippen molar-refractivity contribution >= 4 is 0 Å². The van der Waals surface area contributed by atoms with Gasteiger partial charge in [0.2, 0.25) is 0 Å². The Hall–Kier alpha value is -3.09. The monoisotopic (exact) mass is 327 g/mol. The highest BCUT2D eigenvalue weighted by atomic mass is 15.1. The third kappa shape index (κ3) is 4.69. The van der Waals surface area contributed by atoms with Crippen LogP contribution in [0.3, 0.4) is 0 Å². The van der Waals surface area contributed by atoms with E-state index in [1.54, 1.807) is 6.20 Å². The molecule has 3 heteroatoms. The average Bonchev–Trinajstić information content (AvgIpc) is 3.12. The summed E-state index contributed by atoms with van der Waals surface area (Å²) in [7, 11) is 0. The van der Waals surface area contributed by atoms with Crippen LogP contribution in [-0.4, -0.2) is 27.5 Å². The smallest absolute Gasteiger partial charge is 0.0636 e. The predicted molar refractivity (Wildman–Crippen MR) is 102 cm³/mol. The molecule has 1 aromatic carbocycles. The van der Waals surface area contributed by atoms with Gasteiger partial charge in [0, 0.05) is 36.7 Å². The highest BCUT2D eigenvalue weighted by molar-refractivity contribution is 5.34. The van der Waals surface area contributed by atoms with E-state index in [9.17, 15) is 0 Å². The first-order valence-electron chi connectivity index (χ1n) is 8.30. The van der Waals surface area contributed by atoms with Gasteiger partial charge in [-0.05, 0) is 36.4 Å². The second-order valence-electron chi connectivity index (χ2n) is 5.71. The molecule has 0 unspecified atom stereocenters. The van der Waals surface area contributed by atoms with E-state index in [1.807, 2.05) is 48.7 Å². The Bertz CT molecular complexity index is 854. The Kier molecular flexibility index (Phi) is 5.82. The third-order valence-corrected chi connectivity index (χ3v) is 3.84. The summed E-state index contributed by atoms with van der Waals surface area (Å²) < 4.78 is 2.16. The molecule has 124 valence electrons. The van der Waals surface area contributed by atoms with Crippen molar-refractivity contribution in [3.05, 3.63) is 97.1 Å². The highest BCUT2D eigenvalue weighted by Gasteiger charge is 2.08. The summed E-state index contributed by atoms with van der Waals surface area (Å²) in [5, 5.41) is 0. The van der Waals surface area contributed by atoms with E-state index < -0.39 is 0 Å². The summed E-state index contributed by atoms with van der Waals surface area (Å²) in [5.41, 5.74) is 3.31. The topological polar surface area (TPSA) is 21.1 Å². The first-order chi connectivity index (χ1) is 12.4. The Balaban J connectivity index is 1.72. The van der Waals surface area contributed by atoms with Gasteiger partial charge in [0.15, 0.2) is 0 Å². The van der Waals surface area contributed by atoms with Gasteiger partial charge in [-0.1, -0.05) is 36.1 Å². The van der Waals surface area contributed by atoms with E-state index in [1.165, 1.54) is 5.69 Å². The summed E-state index contributed by atoms with van der Waals surface area (Å²) in [5.74, 6) is 6.48. The van der Waals surface area contributed by atoms with Crippen LogP contribution in [0.15, 0.2) is 85.8 Å². The number of pyridine rings is 1. The molecule has 0 saturated heterocycles. The van der Waals surface area contributed by atoms with E-state index in [0.717, 1.165) is 24.3 Å². The number of hydrogen-bond donors (Lipinski definition) is 0. The lowest BCUT2D eigenvalue weighted by atomic mass is 10.2. The Morgan fingerprint density at radius 2 is 1.96 bits per heavy atom. The molecule has 0 bridgehead atoms. The molecule has 0 aliphatic carbocycles. The van der Waals surface area contributed by atoms with E-state index >= 15 is 0 Å². The number of rotatable bonds is 6. The average molecular weight is 327 g/mol. The van der Waals surface area contributed by atoms with Crippen molar-refractivity contribution in [2.75, 3.05) is 13.1 Å². The molecule has 0 aliphatic heterocycles. The maximum atomic E-state index is 4.21. The fourth-order valence-electron chi connectivity index (χ4n) is 2.66. The van der Waals surface area contributed by atoms with Gasteiger partial charge in [0.1, 0.15) is 0 Å². The van der Waals surface area contributed by atoms with Gasteiger partial charge >= 0.3 is 0 Å². The molecule has 0 spiro atoms. The van der Waals surface area contributed by atoms with Crippen molar-refractivity contribution in [2.24, 2.45) is 0 Å². The Labute approximate surface area is 149 Å². The minimum atomic E-state index is 0.694. The van der Waals surface area contributed by atoms with Crippen LogP contribution < -0.4 is 0 Å². The Morgan fingerprint density at radius 1 is 1.08 bits per heavy atom. The molecule has 0 aliphatic rings. The molecule has 0 amide bonds. The summed E-state index contributed by atoms with van der Waals surface area (Å²) in [6.07, 6.45) is 7.64. The van der Waals surface area contributed by atoms with E-state index in [-0.39, 0.29) is 0 Å². The molecule has 3 nitrogen and oxygen atoms in total. The quantitative estimate of drug-likeness (QED) is 0.505. The largest absolute Gasteiger partial charge is 0.318 e. The van der Waals surface area contributed by atoms with Gasteiger partial charge < -0.3 is 4.57 Å². The zero-order chi connectivity index (χ0) is 17.3. The van der Waals surface area contributed by atoms with Gasteiger partial charge in [-0.2, -0.15) is 0 Å². The number of nitrogens with zero attached hydrogens (tertiary/aromatic N) is 3. The second kappa shape index (κ2) is 8.68. The molecule has 0 saturated carbocycles. The van der Waals surface area contributed by atoms with Crippen molar-refractivity contribution in [3.8, 4) is 17.5 Å². The molecule has 3 aromatic rings. The number of aromatic nitrogens is 2. The summed E-state index contributed by atoms with van der Waals surface area (Å²) in [6, 6.07) is 18.3. The first-order valence-corrected chi connectivity index (χ1v) is 8.30. The standard InChI is InChI=1S/C22H21N3/c1-2-15-24(16-7-11-20-9-4-3-5-10-20)19-22-13-8-17-25(22)21-12-6-14-23-18-21/h2-6,8-10,12-14,17-18H,1,15-16,19H2. The second-order valence-corrected chi connectivity index (χ2v) is 5.71. The van der Waals surface area contributed by atoms with Crippen LogP contribution in [0.1, 0.15) is 11.3 Å². The lowest BCUT2D eigenvalue weighted by molar-refractivity contribution is 0.326. The van der Waals surface area contributed by atoms with Crippen LogP contribution in [0, 0.1) is 11.8 Å². The van der Waals surface area contributed by atoms with Crippen molar-refractivity contribution in [2.45, 2.75) is 6.54 Å². The lowest BCUT2D eigenvalue weighted by Gasteiger charge is -2.19. The molecule has 0 atom stereocenters.